The van der Waals surface area contributed by atoms with Crippen LogP contribution in [0.15, 0.2) is 36.0 Å². The van der Waals surface area contributed by atoms with Gasteiger partial charge in [0.2, 0.25) is 0 Å². The van der Waals surface area contributed by atoms with E-state index in [9.17, 15) is 9.59 Å². The monoisotopic (exact) mass is 275 g/mol. The number of hydrogen-bond donors (Lipinski definition) is 1. The second kappa shape index (κ2) is 5.77. The van der Waals surface area contributed by atoms with E-state index in [1.807, 2.05) is 12.1 Å². The number of carbonyl (C=O) groups is 2. The molecule has 0 aromatic heterocycles. The van der Waals surface area contributed by atoms with Gasteiger partial charge in [0.15, 0.2) is 5.78 Å². The summed E-state index contributed by atoms with van der Waals surface area (Å²) < 4.78 is 9.84. The molecule has 0 saturated heterocycles. The van der Waals surface area contributed by atoms with Crippen LogP contribution in [-0.4, -0.2) is 26.0 Å². The predicted molar refractivity (Wildman–Crippen MR) is 73.1 cm³/mol. The van der Waals surface area contributed by atoms with Crippen molar-refractivity contribution in [3.8, 4) is 5.75 Å². The molecule has 1 heterocycles. The number of ether oxygens (including phenoxy) is 2. The smallest absolute Gasteiger partial charge is 0.319 e. The average molecular weight is 275 g/mol. The van der Waals surface area contributed by atoms with Gasteiger partial charge in [-0.2, -0.15) is 0 Å². The van der Waals surface area contributed by atoms with Crippen LogP contribution in [0.4, 0.5) is 0 Å². The lowest BCUT2D eigenvalue weighted by Crippen LogP contribution is -2.41. The third kappa shape index (κ3) is 2.66. The van der Waals surface area contributed by atoms with E-state index in [1.54, 1.807) is 26.2 Å². The zero-order chi connectivity index (χ0) is 14.7. The Hall–Kier alpha value is -2.30. The van der Waals surface area contributed by atoms with Crippen LogP contribution in [0.3, 0.4) is 0 Å². The normalized spacial score (nSPS) is 21.8. The van der Waals surface area contributed by atoms with Crippen LogP contribution >= 0.6 is 0 Å². The van der Waals surface area contributed by atoms with E-state index in [-0.39, 0.29) is 5.78 Å². The maximum atomic E-state index is 12.1. The third-order valence-electron chi connectivity index (χ3n) is 3.31. The number of hydrogen-bond acceptors (Lipinski definition) is 5. The first kappa shape index (κ1) is 14.1. The van der Waals surface area contributed by atoms with Gasteiger partial charge in [0.1, 0.15) is 11.7 Å². The van der Waals surface area contributed by atoms with Gasteiger partial charge < -0.3 is 14.8 Å². The fourth-order valence-corrected chi connectivity index (χ4v) is 2.30. The standard InChI is InChI=1S/C15H17NO4/c1-9-8-12(17)13(15(18)20-3)14(16-9)10-4-6-11(19-2)7-5-10/h4-8,13-14,16H,1-3H3/t13-,14+/m0/s1. The minimum absolute atomic E-state index is 0.242. The van der Waals surface area contributed by atoms with Crippen LogP contribution in [0.5, 0.6) is 5.75 Å². The van der Waals surface area contributed by atoms with Crippen LogP contribution in [0.1, 0.15) is 18.5 Å². The first-order valence-corrected chi connectivity index (χ1v) is 6.27. The molecule has 0 aliphatic carbocycles. The van der Waals surface area contributed by atoms with Crippen LogP contribution in [0.25, 0.3) is 0 Å². The molecule has 0 bridgehead atoms. The Bertz CT molecular complexity index is 547. The molecular weight excluding hydrogens is 258 g/mol. The molecule has 0 saturated carbocycles. The highest BCUT2D eigenvalue weighted by molar-refractivity contribution is 6.06. The van der Waals surface area contributed by atoms with Crippen LogP contribution in [0.2, 0.25) is 0 Å². The zero-order valence-electron chi connectivity index (χ0n) is 11.7. The molecule has 1 aromatic rings. The fourth-order valence-electron chi connectivity index (χ4n) is 2.30. The van der Waals surface area contributed by atoms with Crippen molar-refractivity contribution in [3.63, 3.8) is 0 Å². The summed E-state index contributed by atoms with van der Waals surface area (Å²) in [5.41, 5.74) is 1.57. The van der Waals surface area contributed by atoms with Crippen molar-refractivity contribution in [1.29, 1.82) is 0 Å². The molecule has 1 aliphatic rings. The van der Waals surface area contributed by atoms with Crippen LogP contribution in [0, 0.1) is 5.92 Å². The van der Waals surface area contributed by atoms with E-state index >= 15 is 0 Å². The Kier molecular flexibility index (Phi) is 4.08. The number of methoxy groups -OCH3 is 2. The minimum atomic E-state index is -0.864. The van der Waals surface area contributed by atoms with Gasteiger partial charge in [-0.1, -0.05) is 12.1 Å². The highest BCUT2D eigenvalue weighted by Gasteiger charge is 2.38. The highest BCUT2D eigenvalue weighted by Crippen LogP contribution is 2.30. The number of nitrogens with one attached hydrogen (secondary N) is 1. The van der Waals surface area contributed by atoms with Gasteiger partial charge >= 0.3 is 5.97 Å². The molecule has 1 N–H and O–H groups in total. The highest BCUT2D eigenvalue weighted by atomic mass is 16.5. The molecule has 1 aromatic carbocycles. The van der Waals surface area contributed by atoms with E-state index in [0.29, 0.717) is 0 Å². The van der Waals surface area contributed by atoms with Gasteiger partial charge in [0.05, 0.1) is 20.3 Å². The van der Waals surface area contributed by atoms with Crippen molar-refractivity contribution >= 4 is 11.8 Å². The van der Waals surface area contributed by atoms with Crippen LogP contribution in [-0.2, 0) is 14.3 Å². The van der Waals surface area contributed by atoms with Gasteiger partial charge in [-0.25, -0.2) is 0 Å². The molecule has 0 fully saturated rings. The lowest BCUT2D eigenvalue weighted by molar-refractivity contribution is -0.149. The molecule has 2 rings (SSSR count). The van der Waals surface area contributed by atoms with Crippen molar-refractivity contribution in [1.82, 2.24) is 5.32 Å². The fraction of sp³-hybridized carbons (Fsp3) is 0.333. The lowest BCUT2D eigenvalue weighted by Gasteiger charge is -2.30. The van der Waals surface area contributed by atoms with E-state index in [4.69, 9.17) is 9.47 Å². The largest absolute Gasteiger partial charge is 0.497 e. The molecule has 2 atom stereocenters. The van der Waals surface area contributed by atoms with Crippen molar-refractivity contribution in [3.05, 3.63) is 41.6 Å². The quantitative estimate of drug-likeness (QED) is 0.670. The SMILES string of the molecule is COC(=O)[C@H]1C(=O)C=C(C)N[C@@H]1c1ccc(OC)cc1. The molecule has 5 nitrogen and oxygen atoms in total. The average Bonchev–Trinajstić information content (AvgIpc) is 2.46. The molecule has 0 radical (unpaired) electrons. The molecule has 20 heavy (non-hydrogen) atoms. The Morgan fingerprint density at radius 3 is 2.40 bits per heavy atom. The summed E-state index contributed by atoms with van der Waals surface area (Å²) in [6.07, 6.45) is 1.43. The lowest BCUT2D eigenvalue weighted by atomic mass is 9.86. The minimum Gasteiger partial charge on any atom is -0.497 e. The number of esters is 1. The zero-order valence-corrected chi connectivity index (χ0v) is 11.7. The molecule has 1 aliphatic heterocycles. The van der Waals surface area contributed by atoms with Crippen molar-refractivity contribution in [2.24, 2.45) is 5.92 Å². The summed E-state index contributed by atoms with van der Waals surface area (Å²) in [7, 11) is 2.87. The molecule has 0 spiro atoms. The molecular formula is C15H17NO4. The van der Waals surface area contributed by atoms with Crippen molar-refractivity contribution in [2.45, 2.75) is 13.0 Å². The number of ketones is 1. The van der Waals surface area contributed by atoms with Gasteiger partial charge in [-0.05, 0) is 24.6 Å². The van der Waals surface area contributed by atoms with Gasteiger partial charge in [-0.3, -0.25) is 9.59 Å². The van der Waals surface area contributed by atoms with Crippen molar-refractivity contribution < 1.29 is 19.1 Å². The van der Waals surface area contributed by atoms with Crippen molar-refractivity contribution in [2.75, 3.05) is 14.2 Å². The van der Waals surface area contributed by atoms with Gasteiger partial charge in [-0.15, -0.1) is 0 Å². The Labute approximate surface area is 117 Å². The summed E-state index contributed by atoms with van der Waals surface area (Å²) in [6.45, 7) is 1.79. The second-order valence-corrected chi connectivity index (χ2v) is 4.63. The maximum Gasteiger partial charge on any atom is 0.319 e. The Morgan fingerprint density at radius 2 is 1.85 bits per heavy atom. The Morgan fingerprint density at radius 1 is 1.20 bits per heavy atom. The number of rotatable bonds is 3. The number of allylic oxidation sites excluding steroid dienone is 2. The van der Waals surface area contributed by atoms with Crippen LogP contribution < -0.4 is 10.1 Å². The molecule has 0 unspecified atom stereocenters. The molecule has 5 heteroatoms. The Balaban J connectivity index is 2.37. The van der Waals surface area contributed by atoms with E-state index < -0.39 is 17.9 Å². The summed E-state index contributed by atoms with van der Waals surface area (Å²) in [5, 5.41) is 3.16. The van der Waals surface area contributed by atoms with E-state index in [2.05, 4.69) is 5.32 Å². The molecule has 0 amide bonds. The second-order valence-electron chi connectivity index (χ2n) is 4.63. The third-order valence-corrected chi connectivity index (χ3v) is 3.31. The maximum absolute atomic E-state index is 12.1. The van der Waals surface area contributed by atoms with E-state index in [1.165, 1.54) is 13.2 Å². The predicted octanol–water partition coefficient (Wildman–Crippen LogP) is 1.60. The summed E-state index contributed by atoms with van der Waals surface area (Å²) in [5.74, 6) is -0.921. The first-order chi connectivity index (χ1) is 9.56. The number of benzene rings is 1. The summed E-state index contributed by atoms with van der Waals surface area (Å²) in [4.78, 5) is 23.9. The topological polar surface area (TPSA) is 64.6 Å². The molecule has 106 valence electrons. The first-order valence-electron chi connectivity index (χ1n) is 6.27. The van der Waals surface area contributed by atoms with E-state index in [0.717, 1.165) is 17.0 Å². The summed E-state index contributed by atoms with van der Waals surface area (Å²) in [6, 6.07) is 6.83. The number of carbonyl (C=O) groups excluding carboxylic acids is 2. The van der Waals surface area contributed by atoms with Gasteiger partial charge in [0.25, 0.3) is 0 Å². The van der Waals surface area contributed by atoms with Gasteiger partial charge in [0, 0.05) is 11.8 Å². The summed E-state index contributed by atoms with van der Waals surface area (Å²) >= 11 is 0.